The van der Waals surface area contributed by atoms with Gasteiger partial charge in [-0.2, -0.15) is 0 Å². The topological polar surface area (TPSA) is 59.8 Å². The van der Waals surface area contributed by atoms with Crippen LogP contribution in [0.25, 0.3) is 0 Å². The van der Waals surface area contributed by atoms with Crippen molar-refractivity contribution in [3.8, 4) is 0 Å². The lowest BCUT2D eigenvalue weighted by Crippen LogP contribution is -2.24. The molecular weight excluding hydrogens is 300 g/mol. The predicted octanol–water partition coefficient (Wildman–Crippen LogP) is 2.87. The SMILES string of the molecule is Cc1ccccc1CNC(=O)c1nnn(Cc2ccccc2)c1C. The minimum Gasteiger partial charge on any atom is -0.346 e. The molecule has 0 spiro atoms. The Labute approximate surface area is 141 Å². The molecule has 3 aromatic rings. The molecule has 5 nitrogen and oxygen atoms in total. The molecule has 122 valence electrons. The fourth-order valence-electron chi connectivity index (χ4n) is 2.54. The predicted molar refractivity (Wildman–Crippen MR) is 92.7 cm³/mol. The van der Waals surface area contributed by atoms with E-state index in [0.717, 1.165) is 22.4 Å². The first-order valence-corrected chi connectivity index (χ1v) is 7.92. The van der Waals surface area contributed by atoms with Crippen molar-refractivity contribution < 1.29 is 4.79 Å². The summed E-state index contributed by atoms with van der Waals surface area (Å²) in [6.07, 6.45) is 0. The lowest BCUT2D eigenvalue weighted by molar-refractivity contribution is 0.0945. The van der Waals surface area contributed by atoms with E-state index in [2.05, 4.69) is 15.6 Å². The third-order valence-corrected chi connectivity index (χ3v) is 4.07. The van der Waals surface area contributed by atoms with E-state index in [4.69, 9.17) is 0 Å². The Morgan fingerprint density at radius 1 is 1.04 bits per heavy atom. The molecule has 0 radical (unpaired) electrons. The first-order valence-electron chi connectivity index (χ1n) is 7.92. The van der Waals surface area contributed by atoms with Crippen LogP contribution in [0.1, 0.15) is 32.9 Å². The van der Waals surface area contributed by atoms with Gasteiger partial charge >= 0.3 is 0 Å². The second kappa shape index (κ2) is 7.08. The van der Waals surface area contributed by atoms with Crippen LogP contribution in [-0.2, 0) is 13.1 Å². The third kappa shape index (κ3) is 3.51. The first kappa shape index (κ1) is 15.9. The van der Waals surface area contributed by atoms with E-state index in [1.165, 1.54) is 0 Å². The molecule has 0 aliphatic heterocycles. The van der Waals surface area contributed by atoms with Crippen LogP contribution in [0.4, 0.5) is 0 Å². The van der Waals surface area contributed by atoms with Crippen LogP contribution >= 0.6 is 0 Å². The molecule has 0 atom stereocenters. The van der Waals surface area contributed by atoms with E-state index in [1.807, 2.05) is 68.4 Å². The van der Waals surface area contributed by atoms with Crippen LogP contribution in [0.3, 0.4) is 0 Å². The minimum absolute atomic E-state index is 0.199. The highest BCUT2D eigenvalue weighted by molar-refractivity contribution is 5.93. The van der Waals surface area contributed by atoms with Gasteiger partial charge in [-0.3, -0.25) is 4.79 Å². The first-order chi connectivity index (χ1) is 11.6. The number of nitrogens with zero attached hydrogens (tertiary/aromatic N) is 3. The van der Waals surface area contributed by atoms with Crippen LogP contribution in [-0.4, -0.2) is 20.9 Å². The van der Waals surface area contributed by atoms with E-state index in [1.54, 1.807) is 4.68 Å². The molecule has 0 saturated carbocycles. The number of hydrogen-bond donors (Lipinski definition) is 1. The van der Waals surface area contributed by atoms with Gasteiger partial charge in [0.15, 0.2) is 5.69 Å². The van der Waals surface area contributed by atoms with Gasteiger partial charge in [0, 0.05) is 6.54 Å². The summed E-state index contributed by atoms with van der Waals surface area (Å²) in [6, 6.07) is 18.0. The Bertz CT molecular complexity index is 840. The second-order valence-corrected chi connectivity index (χ2v) is 5.78. The van der Waals surface area contributed by atoms with Gasteiger partial charge in [-0.15, -0.1) is 5.10 Å². The highest BCUT2D eigenvalue weighted by Gasteiger charge is 2.16. The summed E-state index contributed by atoms with van der Waals surface area (Å²) in [5, 5.41) is 11.1. The van der Waals surface area contributed by atoms with Crippen LogP contribution in [0.15, 0.2) is 54.6 Å². The number of hydrogen-bond acceptors (Lipinski definition) is 3. The van der Waals surface area contributed by atoms with Crippen molar-refractivity contribution in [2.45, 2.75) is 26.9 Å². The number of carbonyl (C=O) groups is 1. The smallest absolute Gasteiger partial charge is 0.274 e. The molecule has 0 saturated heterocycles. The van der Waals surface area contributed by atoms with Gasteiger partial charge in [-0.25, -0.2) is 4.68 Å². The number of carbonyl (C=O) groups excluding carboxylic acids is 1. The minimum atomic E-state index is -0.199. The molecule has 1 aromatic heterocycles. The monoisotopic (exact) mass is 320 g/mol. The van der Waals surface area contributed by atoms with Crippen LogP contribution in [0, 0.1) is 13.8 Å². The lowest BCUT2D eigenvalue weighted by Gasteiger charge is -2.07. The Balaban J connectivity index is 1.69. The Kier molecular flexibility index (Phi) is 4.70. The average molecular weight is 320 g/mol. The average Bonchev–Trinajstić information content (AvgIpc) is 2.96. The van der Waals surface area contributed by atoms with E-state index < -0.39 is 0 Å². The van der Waals surface area contributed by atoms with Crippen molar-refractivity contribution in [1.82, 2.24) is 20.3 Å². The highest BCUT2D eigenvalue weighted by atomic mass is 16.2. The summed E-state index contributed by atoms with van der Waals surface area (Å²) >= 11 is 0. The zero-order chi connectivity index (χ0) is 16.9. The molecular formula is C19H20N4O. The Morgan fingerprint density at radius 2 is 1.75 bits per heavy atom. The quantitative estimate of drug-likeness (QED) is 0.786. The maximum atomic E-state index is 12.4. The molecule has 0 aliphatic carbocycles. The van der Waals surface area contributed by atoms with Crippen molar-refractivity contribution in [1.29, 1.82) is 0 Å². The van der Waals surface area contributed by atoms with Gasteiger partial charge in [0.2, 0.25) is 0 Å². The fraction of sp³-hybridized carbons (Fsp3) is 0.211. The summed E-state index contributed by atoms with van der Waals surface area (Å²) in [6.45, 7) is 4.98. The van der Waals surface area contributed by atoms with E-state index >= 15 is 0 Å². The molecule has 0 fully saturated rings. The fourth-order valence-corrected chi connectivity index (χ4v) is 2.54. The standard InChI is InChI=1S/C19H20N4O/c1-14-8-6-7-11-17(14)12-20-19(24)18-15(2)23(22-21-18)13-16-9-4-3-5-10-16/h3-11H,12-13H2,1-2H3,(H,20,24). The summed E-state index contributed by atoms with van der Waals surface area (Å²) in [5.41, 5.74) is 4.51. The van der Waals surface area contributed by atoms with Crippen molar-refractivity contribution in [2.75, 3.05) is 0 Å². The number of aryl methyl sites for hydroxylation is 1. The number of aromatic nitrogens is 3. The van der Waals surface area contributed by atoms with Gasteiger partial charge in [-0.05, 0) is 30.5 Å². The normalized spacial score (nSPS) is 10.6. The molecule has 0 aliphatic rings. The van der Waals surface area contributed by atoms with Crippen molar-refractivity contribution in [3.63, 3.8) is 0 Å². The Hall–Kier alpha value is -2.95. The molecule has 3 rings (SSSR count). The van der Waals surface area contributed by atoms with Crippen molar-refractivity contribution >= 4 is 5.91 Å². The lowest BCUT2D eigenvalue weighted by atomic mass is 10.1. The van der Waals surface area contributed by atoms with Gasteiger partial charge in [0.1, 0.15) is 0 Å². The van der Waals surface area contributed by atoms with E-state index in [-0.39, 0.29) is 5.91 Å². The van der Waals surface area contributed by atoms with Crippen molar-refractivity contribution in [3.05, 3.63) is 82.7 Å². The molecule has 5 heteroatoms. The molecule has 1 N–H and O–H groups in total. The summed E-state index contributed by atoms with van der Waals surface area (Å²) in [5.74, 6) is -0.199. The maximum absolute atomic E-state index is 12.4. The maximum Gasteiger partial charge on any atom is 0.274 e. The van der Waals surface area contributed by atoms with Gasteiger partial charge in [-0.1, -0.05) is 59.8 Å². The van der Waals surface area contributed by atoms with Crippen LogP contribution < -0.4 is 5.32 Å². The zero-order valence-electron chi connectivity index (χ0n) is 13.9. The third-order valence-electron chi connectivity index (χ3n) is 4.07. The van der Waals surface area contributed by atoms with Gasteiger partial charge < -0.3 is 5.32 Å². The van der Waals surface area contributed by atoms with Crippen LogP contribution in [0.5, 0.6) is 0 Å². The summed E-state index contributed by atoms with van der Waals surface area (Å²) in [7, 11) is 0. The van der Waals surface area contributed by atoms with Gasteiger partial charge in [0.25, 0.3) is 5.91 Å². The van der Waals surface area contributed by atoms with Crippen molar-refractivity contribution in [2.24, 2.45) is 0 Å². The number of benzene rings is 2. The molecule has 24 heavy (non-hydrogen) atoms. The van der Waals surface area contributed by atoms with E-state index in [0.29, 0.717) is 18.8 Å². The van der Waals surface area contributed by atoms with Crippen LogP contribution in [0.2, 0.25) is 0 Å². The molecule has 0 bridgehead atoms. The number of nitrogens with one attached hydrogen (secondary N) is 1. The highest BCUT2D eigenvalue weighted by Crippen LogP contribution is 2.10. The second-order valence-electron chi connectivity index (χ2n) is 5.78. The molecule has 2 aromatic carbocycles. The summed E-state index contributed by atoms with van der Waals surface area (Å²) in [4.78, 5) is 12.4. The van der Waals surface area contributed by atoms with Gasteiger partial charge in [0.05, 0.1) is 12.2 Å². The summed E-state index contributed by atoms with van der Waals surface area (Å²) < 4.78 is 1.75. The zero-order valence-corrected chi connectivity index (χ0v) is 13.9. The molecule has 0 unspecified atom stereocenters. The largest absolute Gasteiger partial charge is 0.346 e. The molecule has 1 amide bonds. The Morgan fingerprint density at radius 3 is 2.50 bits per heavy atom. The number of amides is 1. The number of rotatable bonds is 5. The molecule has 1 heterocycles. The van der Waals surface area contributed by atoms with E-state index in [9.17, 15) is 4.79 Å².